The van der Waals surface area contributed by atoms with Crippen LogP contribution in [-0.2, 0) is 4.79 Å². The zero-order valence-electron chi connectivity index (χ0n) is 43.4. The molecule has 4 fully saturated rings. The summed E-state index contributed by atoms with van der Waals surface area (Å²) in [4.78, 5) is 22.3. The first-order valence-corrected chi connectivity index (χ1v) is 31.1. The molecule has 73 heavy (non-hydrogen) atoms. The first-order chi connectivity index (χ1) is 35.5. The second-order valence-electron chi connectivity index (χ2n) is 19.3. The molecule has 1 unspecified atom stereocenters. The van der Waals surface area contributed by atoms with Gasteiger partial charge in [-0.15, -0.1) is 23.2 Å². The standard InChI is InChI=1S/C25H39N3O2.C15H22BrNO.C9H10BrClO.C6H5BrO.C3H6BrCl/c1-21-12-17-26(18-13-21)16-5-19-30-24-9-6-22(7-10-24)28-23(8-11-25(28)29)20-27-14-3-2-4-15-27;1-13-7-10-17(11-8-13)9-2-12-18-15-5-3-14(16)4-6-15;10-8-2-4-9(5-3-8)12-7-1-6-11;7-5-1-3-6(8)4-2-5;4-2-1-3-5/h6-7,9-10,21,23H,2-5,8,11-20H2,1H3;3-6,13H,2,7-12H2,1H3;2-5H,1,6-7H2;1-4,8H;1-3H2. The number of anilines is 1. The molecule has 8 rings (SSSR count). The van der Waals surface area contributed by atoms with Gasteiger partial charge in [-0.2, -0.15) is 0 Å². The number of alkyl halides is 3. The Labute approximate surface area is 482 Å². The van der Waals surface area contributed by atoms with E-state index in [-0.39, 0.29) is 5.91 Å². The molecule has 1 amide bonds. The molecule has 4 aromatic rings. The van der Waals surface area contributed by atoms with Crippen molar-refractivity contribution in [2.75, 3.05) is 101 Å². The summed E-state index contributed by atoms with van der Waals surface area (Å²) < 4.78 is 20.2. The van der Waals surface area contributed by atoms with E-state index in [1.807, 2.05) is 65.6 Å². The molecule has 0 radical (unpaired) electrons. The maximum Gasteiger partial charge on any atom is 0.227 e. The van der Waals surface area contributed by atoms with E-state index in [1.165, 1.54) is 90.8 Å². The molecule has 9 nitrogen and oxygen atoms in total. The van der Waals surface area contributed by atoms with E-state index in [1.54, 1.807) is 24.3 Å². The third kappa shape index (κ3) is 27.7. The number of likely N-dealkylation sites (tertiary alicyclic amines) is 3. The number of carbonyl (C=O) groups is 1. The van der Waals surface area contributed by atoms with Crippen LogP contribution in [0, 0.1) is 11.8 Å². The highest BCUT2D eigenvalue weighted by Crippen LogP contribution is 2.30. The van der Waals surface area contributed by atoms with Crippen LogP contribution in [-0.4, -0.2) is 128 Å². The number of ether oxygens (including phenoxy) is 3. The number of hydrogen-bond acceptors (Lipinski definition) is 8. The smallest absolute Gasteiger partial charge is 0.227 e. The van der Waals surface area contributed by atoms with Crippen molar-refractivity contribution >= 4 is 98.5 Å². The third-order valence-electron chi connectivity index (χ3n) is 13.2. The predicted octanol–water partition coefficient (Wildman–Crippen LogP) is 15.7. The van der Waals surface area contributed by atoms with Crippen molar-refractivity contribution in [3.63, 3.8) is 0 Å². The lowest BCUT2D eigenvalue weighted by atomic mass is 9.99. The third-order valence-corrected chi connectivity index (χ3v) is 15.8. The highest BCUT2D eigenvalue weighted by molar-refractivity contribution is 9.11. The van der Waals surface area contributed by atoms with Gasteiger partial charge in [0.25, 0.3) is 0 Å². The fraction of sp³-hybridized carbons (Fsp3) is 0.569. The molecule has 4 aliphatic rings. The van der Waals surface area contributed by atoms with Gasteiger partial charge in [0.15, 0.2) is 0 Å². The lowest BCUT2D eigenvalue weighted by molar-refractivity contribution is -0.117. The number of rotatable bonds is 19. The average molecular weight is 1310 g/mol. The van der Waals surface area contributed by atoms with Crippen molar-refractivity contribution in [3.8, 4) is 23.0 Å². The van der Waals surface area contributed by atoms with Gasteiger partial charge >= 0.3 is 0 Å². The number of nitrogens with zero attached hydrogens (tertiary/aromatic N) is 4. The minimum Gasteiger partial charge on any atom is -0.508 e. The van der Waals surface area contributed by atoms with Crippen LogP contribution in [0.1, 0.15) is 97.3 Å². The second kappa shape index (κ2) is 38.5. The van der Waals surface area contributed by atoms with E-state index in [9.17, 15) is 4.79 Å². The van der Waals surface area contributed by atoms with E-state index in [2.05, 4.69) is 104 Å². The number of hydrogen-bond donors (Lipinski definition) is 1. The van der Waals surface area contributed by atoms with E-state index in [0.29, 0.717) is 30.7 Å². The van der Waals surface area contributed by atoms with Gasteiger partial charge in [0, 0.05) is 62.3 Å². The summed E-state index contributed by atoms with van der Waals surface area (Å²) >= 11 is 24.0. The molecular weight excluding hydrogens is 1220 g/mol. The van der Waals surface area contributed by atoms with Gasteiger partial charge in [-0.05, 0) is 219 Å². The van der Waals surface area contributed by atoms with Gasteiger partial charge < -0.3 is 38.9 Å². The molecule has 4 saturated heterocycles. The Morgan fingerprint density at radius 2 is 0.945 bits per heavy atom. The van der Waals surface area contributed by atoms with Crippen molar-refractivity contribution in [2.24, 2.45) is 11.8 Å². The minimum atomic E-state index is 0.265. The van der Waals surface area contributed by atoms with Crippen LogP contribution >= 0.6 is 86.9 Å². The monoisotopic (exact) mass is 1300 g/mol. The molecule has 0 saturated carbocycles. The Hall–Kier alpha value is -2.07. The van der Waals surface area contributed by atoms with Gasteiger partial charge in [0.2, 0.25) is 5.91 Å². The highest BCUT2D eigenvalue weighted by atomic mass is 79.9. The average Bonchev–Trinajstić information content (AvgIpc) is 3.77. The van der Waals surface area contributed by atoms with Crippen LogP contribution in [0.4, 0.5) is 5.69 Å². The number of phenolic OH excluding ortho intramolecular Hbond substituents is 1. The van der Waals surface area contributed by atoms with Crippen molar-refractivity contribution < 1.29 is 24.1 Å². The van der Waals surface area contributed by atoms with Crippen LogP contribution in [0.2, 0.25) is 0 Å². The zero-order valence-corrected chi connectivity index (χ0v) is 51.3. The van der Waals surface area contributed by atoms with Crippen LogP contribution in [0.25, 0.3) is 0 Å². The van der Waals surface area contributed by atoms with Crippen molar-refractivity contribution in [3.05, 3.63) is 110 Å². The molecule has 4 aromatic carbocycles. The molecule has 1 atom stereocenters. The van der Waals surface area contributed by atoms with Crippen LogP contribution in [0.3, 0.4) is 0 Å². The van der Waals surface area contributed by atoms with Gasteiger partial charge in [-0.3, -0.25) is 4.79 Å². The summed E-state index contributed by atoms with van der Waals surface area (Å²) in [5.41, 5.74) is 1.02. The van der Waals surface area contributed by atoms with Crippen LogP contribution < -0.4 is 19.1 Å². The number of aromatic hydroxyl groups is 1. The lowest BCUT2D eigenvalue weighted by Gasteiger charge is -2.33. The van der Waals surface area contributed by atoms with E-state index < -0.39 is 0 Å². The molecule has 4 aliphatic heterocycles. The summed E-state index contributed by atoms with van der Waals surface area (Å²) in [7, 11) is 0. The summed E-state index contributed by atoms with van der Waals surface area (Å²) in [6, 6.07) is 31.1. The van der Waals surface area contributed by atoms with Gasteiger partial charge in [0.1, 0.15) is 23.0 Å². The van der Waals surface area contributed by atoms with Gasteiger partial charge in [0.05, 0.1) is 25.9 Å². The second-order valence-corrected chi connectivity index (χ2v) is 23.6. The van der Waals surface area contributed by atoms with Crippen molar-refractivity contribution in [1.82, 2.24) is 14.7 Å². The number of benzene rings is 4. The van der Waals surface area contributed by atoms with Crippen LogP contribution in [0.15, 0.2) is 110 Å². The molecule has 4 heterocycles. The number of piperidine rings is 3. The van der Waals surface area contributed by atoms with E-state index in [0.717, 1.165) is 118 Å². The molecule has 15 heteroatoms. The maximum atomic E-state index is 12.6. The largest absolute Gasteiger partial charge is 0.508 e. The Morgan fingerprint density at radius 3 is 1.34 bits per heavy atom. The predicted molar refractivity (Wildman–Crippen MR) is 321 cm³/mol. The summed E-state index contributed by atoms with van der Waals surface area (Å²) in [5.74, 6) is 6.55. The molecular formula is C58H82Br4Cl2N4O5. The molecule has 406 valence electrons. The molecule has 0 aliphatic carbocycles. The summed E-state index contributed by atoms with van der Waals surface area (Å²) in [6.45, 7) is 17.6. The number of amides is 1. The molecule has 0 aromatic heterocycles. The first kappa shape index (κ1) is 63.5. The van der Waals surface area contributed by atoms with Crippen molar-refractivity contribution in [1.29, 1.82) is 0 Å². The number of carbonyl (C=O) groups excluding carboxylic acids is 1. The minimum absolute atomic E-state index is 0.265. The highest BCUT2D eigenvalue weighted by Gasteiger charge is 2.33. The van der Waals surface area contributed by atoms with Gasteiger partial charge in [-0.25, -0.2) is 0 Å². The molecule has 0 bridgehead atoms. The normalized spacial score (nSPS) is 17.7. The molecule has 1 N–H and O–H groups in total. The Balaban J connectivity index is 0.000000227. The number of phenols is 1. The fourth-order valence-electron chi connectivity index (χ4n) is 8.74. The van der Waals surface area contributed by atoms with Crippen molar-refractivity contribution in [2.45, 2.75) is 103 Å². The fourth-order valence-corrected chi connectivity index (χ4v) is 10.4. The topological polar surface area (TPSA) is 78.0 Å². The van der Waals surface area contributed by atoms with E-state index in [4.69, 9.17) is 42.5 Å². The zero-order chi connectivity index (χ0) is 52.5. The molecule has 0 spiro atoms. The van der Waals surface area contributed by atoms with Gasteiger partial charge in [-0.1, -0.05) is 84.0 Å². The lowest BCUT2D eigenvalue weighted by Crippen LogP contribution is -2.43. The summed E-state index contributed by atoms with van der Waals surface area (Å²) in [5, 5.41) is 9.76. The SMILES string of the molecule is CC1CCN(CCCOc2ccc(Br)cc2)CC1.CC1CCN(CCCOc2ccc(N3C(=O)CCC3CN3CCCCC3)cc2)CC1.ClCCCBr.ClCCCOc1ccc(Br)cc1.Oc1ccc(Br)cc1. The summed E-state index contributed by atoms with van der Waals surface area (Å²) in [6.07, 6.45) is 15.1. The number of halogens is 6. The van der Waals surface area contributed by atoms with E-state index >= 15 is 0 Å². The Kier molecular flexibility index (Phi) is 33.4. The maximum absolute atomic E-state index is 12.6. The quantitative estimate of drug-likeness (QED) is 0.0735. The van der Waals surface area contributed by atoms with Crippen LogP contribution in [0.5, 0.6) is 23.0 Å². The Morgan fingerprint density at radius 1 is 0.534 bits per heavy atom. The Bertz CT molecular complexity index is 1980. The first-order valence-electron chi connectivity index (χ1n) is 26.6.